The van der Waals surface area contributed by atoms with Crippen LogP contribution in [0.25, 0.3) is 5.69 Å². The second-order valence-electron chi connectivity index (χ2n) is 5.56. The minimum absolute atomic E-state index is 0.132. The van der Waals surface area contributed by atoms with Crippen LogP contribution >= 0.6 is 15.9 Å². The first-order valence-electron chi connectivity index (χ1n) is 7.30. The molecule has 0 bridgehead atoms. The number of hydrogen-bond donors (Lipinski definition) is 0. The van der Waals surface area contributed by atoms with E-state index in [0.29, 0.717) is 4.47 Å². The minimum atomic E-state index is -0.157. The third-order valence-electron chi connectivity index (χ3n) is 3.66. The average molecular weight is 364 g/mol. The molecule has 0 spiro atoms. The molecule has 1 fully saturated rings. The highest BCUT2D eigenvalue weighted by atomic mass is 79.9. The second-order valence-corrected chi connectivity index (χ2v) is 6.35. The number of aromatic nitrogens is 2. The summed E-state index contributed by atoms with van der Waals surface area (Å²) < 4.78 is 7.68. The Morgan fingerprint density at radius 1 is 1.18 bits per heavy atom. The Morgan fingerprint density at radius 2 is 1.82 bits per heavy atom. The first-order valence-corrected chi connectivity index (χ1v) is 8.09. The SMILES string of the molecule is CC1CN(c2cnn(-c3ccccc3)c(=O)c2Br)CC(C)O1. The Hall–Kier alpha value is -1.66. The quantitative estimate of drug-likeness (QED) is 0.822. The van der Waals surface area contributed by atoms with Crippen molar-refractivity contribution in [3.05, 3.63) is 51.4 Å². The van der Waals surface area contributed by atoms with E-state index in [1.807, 2.05) is 44.2 Å². The Bertz CT molecular complexity index is 707. The first kappa shape index (κ1) is 15.2. The normalized spacial score (nSPS) is 21.9. The predicted octanol–water partition coefficient (Wildman–Crippen LogP) is 2.61. The molecule has 0 saturated carbocycles. The van der Waals surface area contributed by atoms with Gasteiger partial charge in [0.2, 0.25) is 0 Å². The van der Waals surface area contributed by atoms with Gasteiger partial charge in [-0.05, 0) is 41.9 Å². The zero-order valence-electron chi connectivity index (χ0n) is 12.6. The summed E-state index contributed by atoms with van der Waals surface area (Å²) in [6.07, 6.45) is 2.00. The molecule has 1 aromatic carbocycles. The molecule has 1 aromatic heterocycles. The zero-order valence-corrected chi connectivity index (χ0v) is 14.2. The third-order valence-corrected chi connectivity index (χ3v) is 4.41. The van der Waals surface area contributed by atoms with Crippen molar-refractivity contribution in [2.75, 3.05) is 18.0 Å². The molecule has 0 amide bonds. The van der Waals surface area contributed by atoms with Crippen molar-refractivity contribution in [3.63, 3.8) is 0 Å². The largest absolute Gasteiger partial charge is 0.372 e. The van der Waals surface area contributed by atoms with Crippen LogP contribution in [0.3, 0.4) is 0 Å². The fraction of sp³-hybridized carbons (Fsp3) is 0.375. The predicted molar refractivity (Wildman–Crippen MR) is 89.8 cm³/mol. The first-order chi connectivity index (χ1) is 10.6. The maximum atomic E-state index is 12.6. The third kappa shape index (κ3) is 2.94. The lowest BCUT2D eigenvalue weighted by Gasteiger charge is -2.36. The van der Waals surface area contributed by atoms with Crippen LogP contribution in [0, 0.1) is 0 Å². The van der Waals surface area contributed by atoms with Gasteiger partial charge in [0.25, 0.3) is 5.56 Å². The lowest BCUT2D eigenvalue weighted by molar-refractivity contribution is -0.00529. The molecule has 5 nitrogen and oxygen atoms in total. The van der Waals surface area contributed by atoms with Gasteiger partial charge < -0.3 is 9.64 Å². The topological polar surface area (TPSA) is 47.4 Å². The summed E-state index contributed by atoms with van der Waals surface area (Å²) in [6, 6.07) is 9.40. The number of para-hydroxylation sites is 1. The highest BCUT2D eigenvalue weighted by Gasteiger charge is 2.25. The molecule has 22 heavy (non-hydrogen) atoms. The van der Waals surface area contributed by atoms with Gasteiger partial charge in [0.1, 0.15) is 4.47 Å². The second kappa shape index (κ2) is 6.22. The Kier molecular flexibility index (Phi) is 4.31. The highest BCUT2D eigenvalue weighted by Crippen LogP contribution is 2.25. The minimum Gasteiger partial charge on any atom is -0.372 e. The fourth-order valence-electron chi connectivity index (χ4n) is 2.77. The number of ether oxygens (including phenoxy) is 1. The van der Waals surface area contributed by atoms with Gasteiger partial charge in [-0.25, -0.2) is 0 Å². The maximum Gasteiger partial charge on any atom is 0.287 e. The molecule has 2 aromatic rings. The van der Waals surface area contributed by atoms with Crippen molar-refractivity contribution in [1.82, 2.24) is 9.78 Å². The zero-order chi connectivity index (χ0) is 15.7. The molecule has 2 heterocycles. The van der Waals surface area contributed by atoms with Crippen LogP contribution in [-0.2, 0) is 4.74 Å². The van der Waals surface area contributed by atoms with Gasteiger partial charge in [-0.3, -0.25) is 4.79 Å². The van der Waals surface area contributed by atoms with Crippen LogP contribution in [0.15, 0.2) is 45.8 Å². The van der Waals surface area contributed by atoms with Gasteiger partial charge >= 0.3 is 0 Å². The van der Waals surface area contributed by atoms with Crippen molar-refractivity contribution in [1.29, 1.82) is 0 Å². The van der Waals surface area contributed by atoms with Crippen LogP contribution in [0.5, 0.6) is 0 Å². The van der Waals surface area contributed by atoms with Gasteiger partial charge in [-0.2, -0.15) is 9.78 Å². The molecule has 3 rings (SSSR count). The van der Waals surface area contributed by atoms with Crippen molar-refractivity contribution >= 4 is 21.6 Å². The molecule has 6 heteroatoms. The van der Waals surface area contributed by atoms with Crippen molar-refractivity contribution in [2.24, 2.45) is 0 Å². The van der Waals surface area contributed by atoms with Crippen LogP contribution in [0.2, 0.25) is 0 Å². The van der Waals surface area contributed by atoms with E-state index in [-0.39, 0.29) is 17.8 Å². The van der Waals surface area contributed by atoms with Crippen molar-refractivity contribution in [2.45, 2.75) is 26.1 Å². The van der Waals surface area contributed by atoms with Crippen LogP contribution in [0.1, 0.15) is 13.8 Å². The maximum absolute atomic E-state index is 12.6. The van der Waals surface area contributed by atoms with E-state index in [2.05, 4.69) is 25.9 Å². The summed E-state index contributed by atoms with van der Waals surface area (Å²) in [4.78, 5) is 14.7. The van der Waals surface area contributed by atoms with Gasteiger partial charge in [0.15, 0.2) is 0 Å². The molecule has 0 N–H and O–H groups in total. The molecular weight excluding hydrogens is 346 g/mol. The smallest absolute Gasteiger partial charge is 0.287 e. The number of benzene rings is 1. The van der Waals surface area contributed by atoms with Crippen LogP contribution in [0.4, 0.5) is 5.69 Å². The van der Waals surface area contributed by atoms with Crippen molar-refractivity contribution in [3.8, 4) is 5.69 Å². The van der Waals surface area contributed by atoms with E-state index >= 15 is 0 Å². The molecular formula is C16H18BrN3O2. The lowest BCUT2D eigenvalue weighted by atomic mass is 10.2. The molecule has 1 aliphatic heterocycles. The molecule has 0 radical (unpaired) electrons. The van der Waals surface area contributed by atoms with Gasteiger partial charge in [-0.15, -0.1) is 0 Å². The van der Waals surface area contributed by atoms with E-state index in [1.54, 1.807) is 6.20 Å². The number of anilines is 1. The Labute approximate surface area is 137 Å². The molecule has 1 saturated heterocycles. The Morgan fingerprint density at radius 3 is 2.45 bits per heavy atom. The number of hydrogen-bond acceptors (Lipinski definition) is 4. The molecule has 2 unspecified atom stereocenters. The van der Waals surface area contributed by atoms with E-state index < -0.39 is 0 Å². The monoisotopic (exact) mass is 363 g/mol. The molecule has 116 valence electrons. The van der Waals surface area contributed by atoms with Gasteiger partial charge in [-0.1, -0.05) is 18.2 Å². The summed E-state index contributed by atoms with van der Waals surface area (Å²) in [7, 11) is 0. The van der Waals surface area contributed by atoms with E-state index in [9.17, 15) is 4.79 Å². The summed E-state index contributed by atoms with van der Waals surface area (Å²) in [6.45, 7) is 5.57. The van der Waals surface area contributed by atoms with E-state index in [1.165, 1.54) is 4.68 Å². The van der Waals surface area contributed by atoms with E-state index in [4.69, 9.17) is 4.74 Å². The van der Waals surface area contributed by atoms with E-state index in [0.717, 1.165) is 24.5 Å². The van der Waals surface area contributed by atoms with Crippen LogP contribution in [-0.4, -0.2) is 35.1 Å². The van der Waals surface area contributed by atoms with Gasteiger partial charge in [0, 0.05) is 13.1 Å². The Balaban J connectivity index is 1.98. The standard InChI is InChI=1S/C16H18BrN3O2/c1-11-9-19(10-12(2)22-11)14-8-18-20(16(21)15(14)17)13-6-4-3-5-7-13/h3-8,11-12H,9-10H2,1-2H3. The van der Waals surface area contributed by atoms with Crippen LogP contribution < -0.4 is 10.5 Å². The number of halogens is 1. The summed E-state index contributed by atoms with van der Waals surface area (Å²) in [5, 5.41) is 4.33. The van der Waals surface area contributed by atoms with Gasteiger partial charge in [0.05, 0.1) is 29.8 Å². The number of morpholine rings is 1. The summed E-state index contributed by atoms with van der Waals surface area (Å²) >= 11 is 3.45. The molecule has 1 aliphatic rings. The number of rotatable bonds is 2. The average Bonchev–Trinajstić information content (AvgIpc) is 2.50. The fourth-order valence-corrected chi connectivity index (χ4v) is 3.29. The lowest BCUT2D eigenvalue weighted by Crippen LogP contribution is -2.46. The summed E-state index contributed by atoms with van der Waals surface area (Å²) in [5.74, 6) is 0. The highest BCUT2D eigenvalue weighted by molar-refractivity contribution is 9.10. The molecule has 0 aliphatic carbocycles. The molecule has 2 atom stereocenters. The van der Waals surface area contributed by atoms with Crippen molar-refractivity contribution < 1.29 is 4.74 Å². The number of nitrogens with zero attached hydrogens (tertiary/aromatic N) is 3. The summed E-state index contributed by atoms with van der Waals surface area (Å²) in [5.41, 5.74) is 1.41.